The van der Waals surface area contributed by atoms with Crippen LogP contribution in [0.5, 0.6) is 0 Å². The van der Waals surface area contributed by atoms with Crippen molar-refractivity contribution in [2.75, 3.05) is 0 Å². The smallest absolute Gasteiger partial charge is 0.343 e. The maximum Gasteiger partial charge on any atom is 0.343 e. The molecule has 0 radical (unpaired) electrons. The van der Waals surface area contributed by atoms with Crippen molar-refractivity contribution in [1.82, 2.24) is 0 Å². The van der Waals surface area contributed by atoms with Crippen molar-refractivity contribution in [1.29, 1.82) is 0 Å². The van der Waals surface area contributed by atoms with Gasteiger partial charge >= 0.3 is 11.9 Å². The van der Waals surface area contributed by atoms with Gasteiger partial charge in [0.05, 0.1) is 0 Å². The first-order chi connectivity index (χ1) is 9.52. The minimum Gasteiger partial charge on any atom is -0.477 e. The van der Waals surface area contributed by atoms with Crippen LogP contribution in [0.2, 0.25) is 0 Å². The van der Waals surface area contributed by atoms with Gasteiger partial charge in [-0.15, -0.1) is 0 Å². The third kappa shape index (κ3) is 3.70. The van der Waals surface area contributed by atoms with Crippen LogP contribution < -0.4 is 0 Å². The molecule has 0 aliphatic carbocycles. The summed E-state index contributed by atoms with van der Waals surface area (Å²) in [6.45, 7) is 3.94. The Balaban J connectivity index is 3.51. The number of hydrogen-bond acceptors (Lipinski definition) is 2. The van der Waals surface area contributed by atoms with E-state index in [0.29, 0.717) is 18.4 Å². The molecule has 0 saturated carbocycles. The Morgan fingerprint density at radius 2 is 1.60 bits per heavy atom. The first kappa shape index (κ1) is 16.0. The molecule has 20 heavy (non-hydrogen) atoms. The summed E-state index contributed by atoms with van der Waals surface area (Å²) >= 11 is 0. The number of carboxylic acids is 2. The van der Waals surface area contributed by atoms with Crippen LogP contribution in [-0.2, 0) is 16.0 Å². The molecule has 0 aliphatic rings. The molecular formula is C16H20O4. The van der Waals surface area contributed by atoms with Crippen molar-refractivity contribution in [3.63, 3.8) is 0 Å². The lowest BCUT2D eigenvalue weighted by Crippen LogP contribution is -2.14. The van der Waals surface area contributed by atoms with Crippen LogP contribution in [0.3, 0.4) is 0 Å². The molecule has 0 saturated heterocycles. The zero-order valence-corrected chi connectivity index (χ0v) is 11.8. The first-order valence-corrected chi connectivity index (χ1v) is 6.80. The Labute approximate surface area is 118 Å². The molecule has 1 aromatic rings. The highest BCUT2D eigenvalue weighted by Crippen LogP contribution is 2.28. The average molecular weight is 276 g/mol. The van der Waals surface area contributed by atoms with Crippen LogP contribution >= 0.6 is 0 Å². The zero-order chi connectivity index (χ0) is 15.1. The highest BCUT2D eigenvalue weighted by molar-refractivity contribution is 6.18. The number of rotatable bonds is 7. The third-order valence-corrected chi connectivity index (χ3v) is 3.09. The van der Waals surface area contributed by atoms with Gasteiger partial charge in [0.2, 0.25) is 0 Å². The maximum absolute atomic E-state index is 11.3. The Morgan fingerprint density at radius 3 is 2.10 bits per heavy atom. The second-order valence-electron chi connectivity index (χ2n) is 4.62. The number of carbonyl (C=O) groups is 2. The molecule has 4 heteroatoms. The van der Waals surface area contributed by atoms with E-state index in [2.05, 4.69) is 0 Å². The molecule has 1 rings (SSSR count). The van der Waals surface area contributed by atoms with Gasteiger partial charge in [-0.1, -0.05) is 51.0 Å². The number of carboxylic acid groups (broad SMARTS) is 2. The van der Waals surface area contributed by atoms with Gasteiger partial charge in [-0.05, 0) is 29.5 Å². The van der Waals surface area contributed by atoms with Gasteiger partial charge in [-0.25, -0.2) is 9.59 Å². The molecule has 0 aliphatic heterocycles. The number of allylic oxidation sites excluding steroid dienone is 1. The highest BCUT2D eigenvalue weighted by atomic mass is 16.4. The number of aryl methyl sites for hydroxylation is 1. The summed E-state index contributed by atoms with van der Waals surface area (Å²) in [7, 11) is 0. The van der Waals surface area contributed by atoms with E-state index in [0.717, 1.165) is 24.0 Å². The summed E-state index contributed by atoms with van der Waals surface area (Å²) in [5.41, 5.74) is 1.64. The van der Waals surface area contributed by atoms with E-state index in [1.54, 1.807) is 0 Å². The summed E-state index contributed by atoms with van der Waals surface area (Å²) < 4.78 is 0. The number of aliphatic carboxylic acids is 2. The van der Waals surface area contributed by atoms with Crippen LogP contribution in [0.15, 0.2) is 29.8 Å². The van der Waals surface area contributed by atoms with E-state index in [9.17, 15) is 19.8 Å². The molecule has 0 bridgehead atoms. The van der Waals surface area contributed by atoms with Gasteiger partial charge < -0.3 is 10.2 Å². The van der Waals surface area contributed by atoms with E-state index < -0.39 is 17.5 Å². The van der Waals surface area contributed by atoms with Crippen LogP contribution in [0.1, 0.15) is 44.2 Å². The highest BCUT2D eigenvalue weighted by Gasteiger charge is 2.23. The SMILES string of the molecule is CCCC(=C(C(=O)O)C(=O)O)c1ccccc1CCC. The molecule has 4 nitrogen and oxygen atoms in total. The van der Waals surface area contributed by atoms with E-state index in [1.165, 1.54) is 0 Å². The second-order valence-corrected chi connectivity index (χ2v) is 4.62. The van der Waals surface area contributed by atoms with Crippen molar-refractivity contribution in [2.24, 2.45) is 0 Å². The molecule has 108 valence electrons. The Hall–Kier alpha value is -2.10. The molecule has 0 heterocycles. The molecule has 1 aromatic carbocycles. The fourth-order valence-electron chi connectivity index (χ4n) is 2.30. The Morgan fingerprint density at radius 1 is 1.00 bits per heavy atom. The fraction of sp³-hybridized carbons (Fsp3) is 0.375. The average Bonchev–Trinajstić information content (AvgIpc) is 2.38. The minimum absolute atomic E-state index is 0.413. The second kappa shape index (κ2) is 7.48. The molecule has 0 amide bonds. The van der Waals surface area contributed by atoms with Crippen molar-refractivity contribution in [3.05, 3.63) is 41.0 Å². The van der Waals surface area contributed by atoms with Crippen LogP contribution in [0.25, 0.3) is 5.57 Å². The lowest BCUT2D eigenvalue weighted by molar-refractivity contribution is -0.140. The van der Waals surface area contributed by atoms with Crippen LogP contribution in [0.4, 0.5) is 0 Å². The number of benzene rings is 1. The zero-order valence-electron chi connectivity index (χ0n) is 11.8. The van der Waals surface area contributed by atoms with Crippen molar-refractivity contribution >= 4 is 17.5 Å². The molecule has 0 spiro atoms. The molecule has 2 N–H and O–H groups in total. The first-order valence-electron chi connectivity index (χ1n) is 6.80. The van der Waals surface area contributed by atoms with Gasteiger partial charge in [0.25, 0.3) is 0 Å². The Kier molecular flexibility index (Phi) is 5.97. The van der Waals surface area contributed by atoms with Crippen LogP contribution in [-0.4, -0.2) is 22.2 Å². The maximum atomic E-state index is 11.3. The molecule has 0 aromatic heterocycles. The minimum atomic E-state index is -1.38. The predicted molar refractivity (Wildman–Crippen MR) is 77.5 cm³/mol. The molecule has 0 unspecified atom stereocenters. The van der Waals surface area contributed by atoms with Crippen LogP contribution in [0, 0.1) is 0 Å². The third-order valence-electron chi connectivity index (χ3n) is 3.09. The van der Waals surface area contributed by atoms with Gasteiger partial charge in [-0.3, -0.25) is 0 Å². The van der Waals surface area contributed by atoms with E-state index in [-0.39, 0.29) is 0 Å². The van der Waals surface area contributed by atoms with Gasteiger partial charge in [0.1, 0.15) is 5.57 Å². The summed E-state index contributed by atoms with van der Waals surface area (Å²) in [4.78, 5) is 22.5. The largest absolute Gasteiger partial charge is 0.477 e. The van der Waals surface area contributed by atoms with E-state index in [4.69, 9.17) is 0 Å². The summed E-state index contributed by atoms with van der Waals surface area (Å²) in [6.07, 6.45) is 2.86. The van der Waals surface area contributed by atoms with Gasteiger partial charge in [-0.2, -0.15) is 0 Å². The summed E-state index contributed by atoms with van der Waals surface area (Å²) in [5.74, 6) is -2.76. The normalized spacial score (nSPS) is 10.1. The molecule has 0 atom stereocenters. The quantitative estimate of drug-likeness (QED) is 0.455. The van der Waals surface area contributed by atoms with E-state index in [1.807, 2.05) is 38.1 Å². The van der Waals surface area contributed by atoms with Gasteiger partial charge in [0, 0.05) is 0 Å². The van der Waals surface area contributed by atoms with Crippen molar-refractivity contribution in [3.8, 4) is 0 Å². The Bertz CT molecular complexity index is 513. The number of hydrogen-bond donors (Lipinski definition) is 2. The lowest BCUT2D eigenvalue weighted by atomic mass is 9.90. The monoisotopic (exact) mass is 276 g/mol. The van der Waals surface area contributed by atoms with Gasteiger partial charge in [0.15, 0.2) is 0 Å². The molecule has 0 fully saturated rings. The topological polar surface area (TPSA) is 74.6 Å². The van der Waals surface area contributed by atoms with Crippen molar-refractivity contribution in [2.45, 2.75) is 39.5 Å². The van der Waals surface area contributed by atoms with Crippen molar-refractivity contribution < 1.29 is 19.8 Å². The standard InChI is InChI=1S/C16H20O4/c1-3-7-11-9-5-6-10-12(11)13(8-4-2)14(15(17)18)16(19)20/h5-6,9-10H,3-4,7-8H2,1-2H3,(H,17,18)(H,19,20). The lowest BCUT2D eigenvalue weighted by Gasteiger charge is -2.14. The fourth-order valence-corrected chi connectivity index (χ4v) is 2.30. The van der Waals surface area contributed by atoms with E-state index >= 15 is 0 Å². The summed E-state index contributed by atoms with van der Waals surface area (Å²) in [5, 5.41) is 18.4. The summed E-state index contributed by atoms with van der Waals surface area (Å²) in [6, 6.07) is 7.43. The molecular weight excluding hydrogens is 256 g/mol. The predicted octanol–water partition coefficient (Wildman–Crippen LogP) is 3.36.